The summed E-state index contributed by atoms with van der Waals surface area (Å²) < 4.78 is 1.93. The van der Waals surface area contributed by atoms with Crippen molar-refractivity contribution in [3.05, 3.63) is 12.7 Å². The number of rotatable bonds is 16. The van der Waals surface area contributed by atoms with Gasteiger partial charge in [0, 0.05) is 6.54 Å². The van der Waals surface area contributed by atoms with Gasteiger partial charge in [-0.05, 0) is 6.42 Å². The molecule has 0 unspecified atom stereocenters. The van der Waals surface area contributed by atoms with E-state index in [1.54, 1.807) is 6.33 Å². The largest absolute Gasteiger partial charge is 0.253 e. The van der Waals surface area contributed by atoms with Gasteiger partial charge < -0.3 is 0 Å². The van der Waals surface area contributed by atoms with E-state index in [0.29, 0.717) is 0 Å². The maximum Gasteiger partial charge on any atom is 0.137 e. The van der Waals surface area contributed by atoms with Crippen LogP contribution in [-0.4, -0.2) is 14.8 Å². The monoisotopic (exact) mass is 307 g/mol. The predicted octanol–water partition coefficient (Wildman–Crippen LogP) is 6.15. The van der Waals surface area contributed by atoms with Gasteiger partial charge in [-0.2, -0.15) is 5.10 Å². The average molecular weight is 308 g/mol. The minimum absolute atomic E-state index is 1.03. The van der Waals surface area contributed by atoms with Crippen molar-refractivity contribution in [1.82, 2.24) is 14.8 Å². The molecule has 0 aliphatic carbocycles. The van der Waals surface area contributed by atoms with Crippen LogP contribution in [0.2, 0.25) is 0 Å². The number of unbranched alkanes of at least 4 members (excludes halogenated alkanes) is 14. The molecule has 128 valence electrons. The van der Waals surface area contributed by atoms with E-state index in [9.17, 15) is 0 Å². The summed E-state index contributed by atoms with van der Waals surface area (Å²) in [7, 11) is 0. The number of aromatic nitrogens is 3. The Morgan fingerprint density at radius 2 is 1.09 bits per heavy atom. The van der Waals surface area contributed by atoms with Crippen LogP contribution in [0, 0.1) is 0 Å². The van der Waals surface area contributed by atoms with Gasteiger partial charge in [-0.25, -0.2) is 4.98 Å². The third-order valence-electron chi connectivity index (χ3n) is 4.46. The van der Waals surface area contributed by atoms with Crippen LogP contribution in [0.1, 0.15) is 103 Å². The van der Waals surface area contributed by atoms with Gasteiger partial charge in [0.15, 0.2) is 0 Å². The highest BCUT2D eigenvalue weighted by Crippen LogP contribution is 2.13. The molecule has 0 atom stereocenters. The van der Waals surface area contributed by atoms with E-state index >= 15 is 0 Å². The fourth-order valence-corrected chi connectivity index (χ4v) is 2.99. The topological polar surface area (TPSA) is 30.7 Å². The van der Waals surface area contributed by atoms with Crippen LogP contribution in [0.4, 0.5) is 0 Å². The second-order valence-corrected chi connectivity index (χ2v) is 6.61. The summed E-state index contributed by atoms with van der Waals surface area (Å²) in [5.74, 6) is 0. The zero-order valence-electron chi connectivity index (χ0n) is 14.8. The van der Waals surface area contributed by atoms with Crippen molar-refractivity contribution < 1.29 is 0 Å². The first-order chi connectivity index (χ1) is 10.9. The third-order valence-corrected chi connectivity index (χ3v) is 4.46. The van der Waals surface area contributed by atoms with Crippen molar-refractivity contribution in [2.75, 3.05) is 0 Å². The molecule has 22 heavy (non-hydrogen) atoms. The summed E-state index contributed by atoms with van der Waals surface area (Å²) in [5, 5.41) is 4.13. The van der Waals surface area contributed by atoms with Crippen LogP contribution in [0.25, 0.3) is 0 Å². The van der Waals surface area contributed by atoms with Crippen LogP contribution in [0.5, 0.6) is 0 Å². The second kappa shape index (κ2) is 15.1. The molecule has 0 amide bonds. The molecule has 0 aliphatic heterocycles. The Hall–Kier alpha value is -0.860. The third kappa shape index (κ3) is 11.8. The lowest BCUT2D eigenvalue weighted by Crippen LogP contribution is -1.97. The minimum Gasteiger partial charge on any atom is -0.253 e. The van der Waals surface area contributed by atoms with Gasteiger partial charge in [0.25, 0.3) is 0 Å². The maximum absolute atomic E-state index is 4.13. The molecule has 3 nitrogen and oxygen atoms in total. The Morgan fingerprint density at radius 3 is 1.50 bits per heavy atom. The smallest absolute Gasteiger partial charge is 0.137 e. The first-order valence-corrected chi connectivity index (χ1v) is 9.76. The second-order valence-electron chi connectivity index (χ2n) is 6.61. The van der Waals surface area contributed by atoms with E-state index in [4.69, 9.17) is 0 Å². The van der Waals surface area contributed by atoms with Crippen molar-refractivity contribution in [2.45, 2.75) is 110 Å². The molecule has 0 N–H and O–H groups in total. The lowest BCUT2D eigenvalue weighted by Gasteiger charge is -2.03. The van der Waals surface area contributed by atoms with Crippen molar-refractivity contribution in [3.8, 4) is 0 Å². The van der Waals surface area contributed by atoms with E-state index in [1.165, 1.54) is 96.3 Å². The maximum atomic E-state index is 4.13. The zero-order chi connectivity index (χ0) is 15.7. The summed E-state index contributed by atoms with van der Waals surface area (Å²) >= 11 is 0. The van der Waals surface area contributed by atoms with Crippen LogP contribution in [-0.2, 0) is 6.54 Å². The molecular weight excluding hydrogens is 270 g/mol. The van der Waals surface area contributed by atoms with E-state index in [2.05, 4.69) is 17.0 Å². The van der Waals surface area contributed by atoms with E-state index < -0.39 is 0 Å². The Morgan fingerprint density at radius 1 is 0.636 bits per heavy atom. The quantitative estimate of drug-likeness (QED) is 0.343. The zero-order valence-corrected chi connectivity index (χ0v) is 14.8. The van der Waals surface area contributed by atoms with Gasteiger partial charge in [-0.3, -0.25) is 4.68 Å². The molecule has 0 saturated heterocycles. The molecule has 1 heterocycles. The van der Waals surface area contributed by atoms with Gasteiger partial charge in [0.1, 0.15) is 12.7 Å². The van der Waals surface area contributed by atoms with Crippen LogP contribution in [0.15, 0.2) is 12.7 Å². The molecule has 0 aromatic carbocycles. The van der Waals surface area contributed by atoms with Crippen LogP contribution >= 0.6 is 0 Å². The molecule has 0 aliphatic rings. The Bertz CT molecular complexity index is 308. The fraction of sp³-hybridized carbons (Fsp3) is 0.895. The molecule has 1 rings (SSSR count). The summed E-state index contributed by atoms with van der Waals surface area (Å²) in [4.78, 5) is 3.96. The molecule has 3 heteroatoms. The van der Waals surface area contributed by atoms with Gasteiger partial charge in [0.05, 0.1) is 0 Å². The van der Waals surface area contributed by atoms with Gasteiger partial charge >= 0.3 is 0 Å². The van der Waals surface area contributed by atoms with Crippen LogP contribution < -0.4 is 0 Å². The number of nitrogens with zero attached hydrogens (tertiary/aromatic N) is 3. The minimum atomic E-state index is 1.03. The van der Waals surface area contributed by atoms with Crippen molar-refractivity contribution in [3.63, 3.8) is 0 Å². The molecule has 0 fully saturated rings. The molecule has 1 aromatic heterocycles. The first kappa shape index (κ1) is 19.2. The SMILES string of the molecule is CCCCCCCCCCCCCCCCCn1cncn1. The average Bonchev–Trinajstić information content (AvgIpc) is 3.04. The van der Waals surface area contributed by atoms with E-state index in [0.717, 1.165) is 6.54 Å². The molecular formula is C19H37N3. The highest BCUT2D eigenvalue weighted by molar-refractivity contribution is 4.56. The van der Waals surface area contributed by atoms with Crippen molar-refractivity contribution >= 4 is 0 Å². The number of hydrogen-bond donors (Lipinski definition) is 0. The molecule has 1 aromatic rings. The standard InChI is InChI=1S/C19H37N3/c1-2-3-4-5-6-7-8-9-10-11-12-13-14-15-16-17-22-19-20-18-21-22/h18-19H,2-17H2,1H3. The Balaban J connectivity index is 1.68. The summed E-state index contributed by atoms with van der Waals surface area (Å²) in [5.41, 5.74) is 0. The Kier molecular flexibility index (Phi) is 13.1. The predicted molar refractivity (Wildman–Crippen MR) is 95.0 cm³/mol. The lowest BCUT2D eigenvalue weighted by molar-refractivity contribution is 0.509. The van der Waals surface area contributed by atoms with E-state index in [1.807, 2.05) is 11.0 Å². The van der Waals surface area contributed by atoms with Gasteiger partial charge in [-0.1, -0.05) is 96.8 Å². The normalized spacial score (nSPS) is 11.1. The lowest BCUT2D eigenvalue weighted by atomic mass is 10.0. The molecule has 0 spiro atoms. The highest BCUT2D eigenvalue weighted by Gasteiger charge is 1.95. The van der Waals surface area contributed by atoms with Crippen molar-refractivity contribution in [1.29, 1.82) is 0 Å². The number of hydrogen-bond acceptors (Lipinski definition) is 2. The molecule has 0 saturated carbocycles. The first-order valence-electron chi connectivity index (χ1n) is 9.76. The van der Waals surface area contributed by atoms with Gasteiger partial charge in [0.2, 0.25) is 0 Å². The fourth-order valence-electron chi connectivity index (χ4n) is 2.99. The molecule has 0 bridgehead atoms. The van der Waals surface area contributed by atoms with Gasteiger partial charge in [-0.15, -0.1) is 0 Å². The van der Waals surface area contributed by atoms with Crippen LogP contribution in [0.3, 0.4) is 0 Å². The van der Waals surface area contributed by atoms with Crippen molar-refractivity contribution in [2.24, 2.45) is 0 Å². The highest BCUT2D eigenvalue weighted by atomic mass is 15.3. The summed E-state index contributed by atoms with van der Waals surface area (Å²) in [6, 6.07) is 0. The summed E-state index contributed by atoms with van der Waals surface area (Å²) in [6.45, 7) is 3.31. The Labute approximate surface area is 137 Å². The molecule has 0 radical (unpaired) electrons. The van der Waals surface area contributed by atoms with E-state index in [-0.39, 0.29) is 0 Å². The summed E-state index contributed by atoms with van der Waals surface area (Å²) in [6.07, 6.45) is 24.7. The number of aryl methyl sites for hydroxylation is 1.